The molecule has 130 valence electrons. The van der Waals surface area contributed by atoms with Gasteiger partial charge >= 0.3 is 7.12 Å². The fourth-order valence-corrected chi connectivity index (χ4v) is 3.12. The molecule has 2 heterocycles. The largest absolute Gasteiger partial charge is 0.493 e. The number of hydrogen-bond acceptors (Lipinski definition) is 5. The highest BCUT2D eigenvalue weighted by Gasteiger charge is 2.52. The summed E-state index contributed by atoms with van der Waals surface area (Å²) >= 11 is 0. The van der Waals surface area contributed by atoms with E-state index in [1.165, 1.54) is 0 Å². The van der Waals surface area contributed by atoms with E-state index in [0.717, 1.165) is 50.1 Å². The number of nitriles is 1. The third kappa shape index (κ3) is 3.39. The number of hydrogen-bond donors (Lipinski definition) is 0. The van der Waals surface area contributed by atoms with E-state index in [9.17, 15) is 5.26 Å². The number of nitrogens with zero attached hydrogens (tertiary/aromatic N) is 1. The fourth-order valence-electron chi connectivity index (χ4n) is 3.12. The summed E-state index contributed by atoms with van der Waals surface area (Å²) in [7, 11) is -0.386. The molecular weight excluding hydrogens is 305 g/mol. The quantitative estimate of drug-likeness (QED) is 0.743. The van der Waals surface area contributed by atoms with Crippen LogP contribution in [0, 0.1) is 11.3 Å². The van der Waals surface area contributed by atoms with Crippen LogP contribution in [0.15, 0.2) is 22.9 Å². The zero-order chi connectivity index (χ0) is 17.4. The molecule has 24 heavy (non-hydrogen) atoms. The molecule has 0 spiro atoms. The molecule has 2 aliphatic heterocycles. The van der Waals surface area contributed by atoms with Gasteiger partial charge in [-0.2, -0.15) is 5.26 Å². The molecule has 0 radical (unpaired) electrons. The topological polar surface area (TPSA) is 60.7 Å². The Hall–Kier alpha value is -1.29. The minimum Gasteiger partial charge on any atom is -0.493 e. The summed E-state index contributed by atoms with van der Waals surface area (Å²) in [5.41, 5.74) is 0.879. The van der Waals surface area contributed by atoms with Gasteiger partial charge in [0.25, 0.3) is 0 Å². The zero-order valence-electron chi connectivity index (χ0n) is 15.1. The van der Waals surface area contributed by atoms with E-state index in [4.69, 9.17) is 18.8 Å². The van der Waals surface area contributed by atoms with E-state index in [1.54, 1.807) is 0 Å². The van der Waals surface area contributed by atoms with Gasteiger partial charge in [0.1, 0.15) is 17.9 Å². The Labute approximate surface area is 144 Å². The number of rotatable bonds is 3. The lowest BCUT2D eigenvalue weighted by molar-refractivity contribution is -0.00664. The van der Waals surface area contributed by atoms with Crippen LogP contribution in [0.3, 0.4) is 0 Å². The van der Waals surface area contributed by atoms with Gasteiger partial charge in [-0.05, 0) is 45.7 Å². The molecule has 6 heteroatoms. The Morgan fingerprint density at radius 3 is 2.33 bits per heavy atom. The van der Waals surface area contributed by atoms with Gasteiger partial charge in [0.15, 0.2) is 0 Å². The van der Waals surface area contributed by atoms with Gasteiger partial charge in [-0.3, -0.25) is 0 Å². The van der Waals surface area contributed by atoms with Gasteiger partial charge in [0.2, 0.25) is 0 Å². The van der Waals surface area contributed by atoms with Crippen molar-refractivity contribution in [1.82, 2.24) is 0 Å². The molecule has 0 amide bonds. The Kier molecular flexibility index (Phi) is 4.79. The molecule has 0 N–H and O–H groups in total. The maximum absolute atomic E-state index is 9.52. The molecule has 3 rings (SSSR count). The van der Waals surface area contributed by atoms with E-state index in [2.05, 4.69) is 6.07 Å². The molecule has 0 unspecified atom stereocenters. The van der Waals surface area contributed by atoms with Crippen LogP contribution in [0.25, 0.3) is 0 Å². The molecule has 2 saturated heterocycles. The first-order chi connectivity index (χ1) is 11.3. The molecule has 2 fully saturated rings. The molecule has 0 aromatic heterocycles. The van der Waals surface area contributed by atoms with Crippen molar-refractivity contribution in [3.8, 4) is 6.07 Å². The summed E-state index contributed by atoms with van der Waals surface area (Å²) in [5.74, 6) is 0.796. The molecule has 3 aliphatic rings. The lowest BCUT2D eigenvalue weighted by Crippen LogP contribution is -2.41. The fraction of sp³-hybridized carbons (Fsp3) is 0.722. The van der Waals surface area contributed by atoms with Gasteiger partial charge in [-0.1, -0.05) is 0 Å². The normalized spacial score (nSPS) is 27.0. The molecular formula is C18H26BNO4. The van der Waals surface area contributed by atoms with Gasteiger partial charge < -0.3 is 18.8 Å². The van der Waals surface area contributed by atoms with Crippen LogP contribution in [0.4, 0.5) is 0 Å². The molecule has 0 atom stereocenters. The first-order valence-electron chi connectivity index (χ1n) is 8.76. The summed E-state index contributed by atoms with van der Waals surface area (Å²) < 4.78 is 23.6. The van der Waals surface area contributed by atoms with Crippen molar-refractivity contribution in [1.29, 1.82) is 5.26 Å². The van der Waals surface area contributed by atoms with Gasteiger partial charge in [0, 0.05) is 19.3 Å². The van der Waals surface area contributed by atoms with Gasteiger partial charge in [0.05, 0.1) is 30.0 Å². The van der Waals surface area contributed by atoms with Crippen LogP contribution >= 0.6 is 0 Å². The summed E-state index contributed by atoms with van der Waals surface area (Å²) in [6.07, 6.45) is 5.33. The van der Waals surface area contributed by atoms with Crippen LogP contribution in [-0.4, -0.2) is 37.6 Å². The van der Waals surface area contributed by atoms with Gasteiger partial charge in [-0.25, -0.2) is 0 Å². The highest BCUT2D eigenvalue weighted by molar-refractivity contribution is 6.54. The van der Waals surface area contributed by atoms with Crippen molar-refractivity contribution >= 4 is 7.12 Å². The summed E-state index contributed by atoms with van der Waals surface area (Å²) in [5, 5.41) is 9.52. The highest BCUT2D eigenvalue weighted by Crippen LogP contribution is 2.40. The lowest BCUT2D eigenvalue weighted by atomic mass is 9.72. The minimum absolute atomic E-state index is 0.156. The van der Waals surface area contributed by atoms with Crippen molar-refractivity contribution < 1.29 is 18.8 Å². The second-order valence-electron chi connectivity index (χ2n) is 7.69. The van der Waals surface area contributed by atoms with E-state index in [-0.39, 0.29) is 24.4 Å². The Bertz CT molecular complexity index is 581. The smallest absolute Gasteiger partial charge is 0.490 e. The van der Waals surface area contributed by atoms with E-state index >= 15 is 0 Å². The Morgan fingerprint density at radius 2 is 1.75 bits per heavy atom. The molecule has 0 aromatic rings. The van der Waals surface area contributed by atoms with Crippen molar-refractivity contribution in [3.63, 3.8) is 0 Å². The third-order valence-electron chi connectivity index (χ3n) is 5.42. The first kappa shape index (κ1) is 17.5. The van der Waals surface area contributed by atoms with E-state index in [1.807, 2.05) is 33.8 Å². The first-order valence-corrected chi connectivity index (χ1v) is 8.76. The average Bonchev–Trinajstić information content (AvgIpc) is 2.77. The predicted molar refractivity (Wildman–Crippen MR) is 91.0 cm³/mol. The maximum Gasteiger partial charge on any atom is 0.490 e. The number of allylic oxidation sites excluding steroid dienone is 4. The summed E-state index contributed by atoms with van der Waals surface area (Å²) in [6.45, 7) is 9.62. The van der Waals surface area contributed by atoms with E-state index < -0.39 is 0 Å². The second kappa shape index (κ2) is 6.55. The van der Waals surface area contributed by atoms with E-state index in [0.29, 0.717) is 5.57 Å². The van der Waals surface area contributed by atoms with Crippen molar-refractivity contribution in [2.45, 2.75) is 70.7 Å². The Balaban J connectivity index is 1.74. The van der Waals surface area contributed by atoms with Crippen molar-refractivity contribution in [2.24, 2.45) is 0 Å². The predicted octanol–water partition coefficient (Wildman–Crippen LogP) is 3.31. The molecule has 0 saturated carbocycles. The maximum atomic E-state index is 9.52. The van der Waals surface area contributed by atoms with Crippen LogP contribution in [-0.2, 0) is 18.8 Å². The van der Waals surface area contributed by atoms with Crippen molar-refractivity contribution in [2.75, 3.05) is 13.2 Å². The van der Waals surface area contributed by atoms with Crippen LogP contribution in [0.5, 0.6) is 0 Å². The van der Waals surface area contributed by atoms with Crippen LogP contribution in [0.1, 0.15) is 53.4 Å². The number of ether oxygens (including phenoxy) is 2. The van der Waals surface area contributed by atoms with Gasteiger partial charge in [-0.15, -0.1) is 0 Å². The third-order valence-corrected chi connectivity index (χ3v) is 5.42. The molecule has 0 aromatic carbocycles. The summed E-state index contributed by atoms with van der Waals surface area (Å²) in [4.78, 5) is 0. The zero-order valence-corrected chi connectivity index (χ0v) is 15.1. The monoisotopic (exact) mass is 331 g/mol. The van der Waals surface area contributed by atoms with Crippen molar-refractivity contribution in [3.05, 3.63) is 22.9 Å². The lowest BCUT2D eigenvalue weighted by Gasteiger charge is -2.32. The average molecular weight is 331 g/mol. The molecule has 5 nitrogen and oxygen atoms in total. The highest BCUT2D eigenvalue weighted by atomic mass is 16.7. The van der Waals surface area contributed by atoms with Crippen LogP contribution in [0.2, 0.25) is 0 Å². The standard InChI is InChI=1S/C18H26BNO4/c1-17(2)18(3,4)24-19(23-17)14-5-6-16(13(11-14)12-20)22-15-7-9-21-10-8-15/h11,15H,5-10H2,1-4H3. The Morgan fingerprint density at radius 1 is 1.12 bits per heavy atom. The molecule has 0 bridgehead atoms. The molecule has 1 aliphatic carbocycles. The summed E-state index contributed by atoms with van der Waals surface area (Å²) in [6, 6.07) is 2.27. The minimum atomic E-state index is -0.386. The van der Waals surface area contributed by atoms with Crippen LogP contribution < -0.4 is 0 Å². The second-order valence-corrected chi connectivity index (χ2v) is 7.69. The SMILES string of the molecule is CC1(C)OB(C2=CC(C#N)=C(OC3CCOCC3)CC2)OC1(C)C.